The molecule has 0 aliphatic rings. The van der Waals surface area contributed by atoms with Gasteiger partial charge in [-0.25, -0.2) is 4.98 Å². The minimum absolute atomic E-state index is 0.257. The minimum Gasteiger partial charge on any atom is -0.453 e. The van der Waals surface area contributed by atoms with Crippen LogP contribution in [0.4, 0.5) is 0 Å². The van der Waals surface area contributed by atoms with Crippen molar-refractivity contribution in [2.24, 2.45) is 5.10 Å². The third-order valence-corrected chi connectivity index (χ3v) is 7.59. The van der Waals surface area contributed by atoms with Gasteiger partial charge >= 0.3 is 0 Å². The first-order valence-corrected chi connectivity index (χ1v) is 13.5. The Bertz CT molecular complexity index is 1990. The van der Waals surface area contributed by atoms with Gasteiger partial charge in [0.05, 0.1) is 22.8 Å². The smallest absolute Gasteiger partial charge is 0.282 e. The highest BCUT2D eigenvalue weighted by Gasteiger charge is 2.18. The number of aromatic nitrogens is 3. The second-order valence-electron chi connectivity index (χ2n) is 10.0. The van der Waals surface area contributed by atoms with Crippen LogP contribution in [0, 0.1) is 34.6 Å². The summed E-state index contributed by atoms with van der Waals surface area (Å²) in [6, 6.07) is 21.5. The molecule has 0 aliphatic heterocycles. The van der Waals surface area contributed by atoms with Crippen molar-refractivity contribution >= 4 is 44.0 Å². The van der Waals surface area contributed by atoms with E-state index in [-0.39, 0.29) is 5.56 Å². The Morgan fingerprint density at radius 2 is 1.67 bits per heavy atom. The summed E-state index contributed by atoms with van der Waals surface area (Å²) < 4.78 is 10.7. The van der Waals surface area contributed by atoms with Gasteiger partial charge < -0.3 is 8.98 Å². The first-order chi connectivity index (χ1) is 18.7. The third-order valence-electron chi connectivity index (χ3n) is 7.09. The quantitative estimate of drug-likeness (QED) is 0.200. The molecule has 39 heavy (non-hydrogen) atoms. The molecule has 0 N–H and O–H groups in total. The topological polar surface area (TPSA) is 65.3 Å². The molecule has 7 heteroatoms. The van der Waals surface area contributed by atoms with Crippen LogP contribution < -0.4 is 5.56 Å². The molecule has 0 saturated carbocycles. The monoisotopic (exact) mass is 578 g/mol. The number of benzene rings is 3. The Balaban J connectivity index is 1.52. The predicted octanol–water partition coefficient (Wildman–Crippen LogP) is 7.79. The second kappa shape index (κ2) is 9.50. The van der Waals surface area contributed by atoms with Gasteiger partial charge in [-0.3, -0.25) is 4.79 Å². The lowest BCUT2D eigenvalue weighted by Gasteiger charge is -2.16. The van der Waals surface area contributed by atoms with Crippen LogP contribution in [0.3, 0.4) is 0 Å². The summed E-state index contributed by atoms with van der Waals surface area (Å²) in [7, 11) is 0. The van der Waals surface area contributed by atoms with Crippen LogP contribution in [0.15, 0.2) is 85.5 Å². The number of hydrogen-bond acceptors (Lipinski definition) is 4. The van der Waals surface area contributed by atoms with Crippen molar-refractivity contribution in [3.8, 4) is 17.3 Å². The van der Waals surface area contributed by atoms with Gasteiger partial charge in [-0.1, -0.05) is 45.8 Å². The highest BCUT2D eigenvalue weighted by molar-refractivity contribution is 9.10. The average molecular weight is 579 g/mol. The van der Waals surface area contributed by atoms with E-state index in [9.17, 15) is 4.79 Å². The Hall–Kier alpha value is -4.23. The van der Waals surface area contributed by atoms with Gasteiger partial charge in [-0.15, -0.1) is 0 Å². The standard InChI is InChI=1S/C32H27BrN4O2/c1-18-12-19(2)30(20(3)13-18)36-21(4)14-24(22(36)5)17-34-37-31(35-27-9-7-6-8-26(27)32(37)38)29-16-23-15-25(33)10-11-28(23)39-29/h6-17H,1-5H3. The Kier molecular flexibility index (Phi) is 6.11. The summed E-state index contributed by atoms with van der Waals surface area (Å²) in [6.07, 6.45) is 1.73. The number of para-hydroxylation sites is 1. The van der Waals surface area contributed by atoms with Crippen molar-refractivity contribution in [3.05, 3.63) is 115 Å². The van der Waals surface area contributed by atoms with E-state index in [1.807, 2.05) is 42.5 Å². The number of fused-ring (bicyclic) bond motifs is 2. The molecule has 3 aromatic carbocycles. The lowest BCUT2D eigenvalue weighted by atomic mass is 10.0. The first-order valence-electron chi connectivity index (χ1n) is 12.7. The van der Waals surface area contributed by atoms with Gasteiger partial charge in [-0.2, -0.15) is 9.78 Å². The van der Waals surface area contributed by atoms with Crippen LogP contribution in [-0.2, 0) is 0 Å². The third kappa shape index (κ3) is 4.33. The molecule has 194 valence electrons. The number of nitrogens with zero attached hydrogens (tertiary/aromatic N) is 4. The number of halogens is 1. The Labute approximate surface area is 234 Å². The van der Waals surface area contributed by atoms with Gasteiger partial charge in [0.15, 0.2) is 5.76 Å². The molecule has 3 aromatic heterocycles. The molecule has 0 unspecified atom stereocenters. The largest absolute Gasteiger partial charge is 0.453 e. The highest BCUT2D eigenvalue weighted by Crippen LogP contribution is 2.30. The molecule has 6 aromatic rings. The molecule has 6 rings (SSSR count). The van der Waals surface area contributed by atoms with Crippen LogP contribution in [0.2, 0.25) is 0 Å². The summed E-state index contributed by atoms with van der Waals surface area (Å²) in [5.41, 5.74) is 8.95. The zero-order valence-electron chi connectivity index (χ0n) is 22.4. The zero-order chi connectivity index (χ0) is 27.4. The zero-order valence-corrected chi connectivity index (χ0v) is 24.0. The molecule has 0 spiro atoms. The molecule has 0 saturated heterocycles. The molecule has 0 aliphatic carbocycles. The summed E-state index contributed by atoms with van der Waals surface area (Å²) in [4.78, 5) is 18.5. The lowest BCUT2D eigenvalue weighted by Crippen LogP contribution is -2.20. The minimum atomic E-state index is -0.257. The van der Waals surface area contributed by atoms with E-state index in [0.29, 0.717) is 28.1 Å². The fraction of sp³-hybridized carbons (Fsp3) is 0.156. The van der Waals surface area contributed by atoms with E-state index in [1.54, 1.807) is 12.3 Å². The maximum absolute atomic E-state index is 13.7. The lowest BCUT2D eigenvalue weighted by molar-refractivity contribution is 0.616. The molecule has 0 amide bonds. The van der Waals surface area contributed by atoms with Crippen molar-refractivity contribution in [1.29, 1.82) is 0 Å². The fourth-order valence-electron chi connectivity index (χ4n) is 5.42. The van der Waals surface area contributed by atoms with E-state index < -0.39 is 0 Å². The van der Waals surface area contributed by atoms with Crippen molar-refractivity contribution in [2.75, 3.05) is 0 Å². The summed E-state index contributed by atoms with van der Waals surface area (Å²) >= 11 is 3.51. The molecule has 0 atom stereocenters. The van der Waals surface area contributed by atoms with E-state index in [4.69, 9.17) is 14.5 Å². The average Bonchev–Trinajstić information content (AvgIpc) is 3.43. The van der Waals surface area contributed by atoms with Crippen LogP contribution in [-0.4, -0.2) is 20.4 Å². The molecular weight excluding hydrogens is 552 g/mol. The predicted molar refractivity (Wildman–Crippen MR) is 161 cm³/mol. The van der Waals surface area contributed by atoms with Crippen LogP contribution >= 0.6 is 15.9 Å². The van der Waals surface area contributed by atoms with E-state index >= 15 is 0 Å². The molecule has 0 radical (unpaired) electrons. The maximum atomic E-state index is 13.7. The van der Waals surface area contributed by atoms with Gasteiger partial charge in [0.2, 0.25) is 5.82 Å². The Morgan fingerprint density at radius 1 is 0.923 bits per heavy atom. The van der Waals surface area contributed by atoms with E-state index in [1.165, 1.54) is 27.1 Å². The van der Waals surface area contributed by atoms with E-state index in [2.05, 4.69) is 73.3 Å². The fourth-order valence-corrected chi connectivity index (χ4v) is 5.80. The number of aryl methyl sites for hydroxylation is 4. The van der Waals surface area contributed by atoms with Gasteiger partial charge in [0, 0.05) is 26.8 Å². The van der Waals surface area contributed by atoms with Crippen molar-refractivity contribution < 1.29 is 4.42 Å². The maximum Gasteiger partial charge on any atom is 0.282 e. The highest BCUT2D eigenvalue weighted by atomic mass is 79.9. The summed E-state index contributed by atoms with van der Waals surface area (Å²) in [6.45, 7) is 10.6. The molecular formula is C32H27BrN4O2. The summed E-state index contributed by atoms with van der Waals surface area (Å²) in [5, 5.41) is 6.09. The molecule has 0 bridgehead atoms. The van der Waals surface area contributed by atoms with Crippen molar-refractivity contribution in [2.45, 2.75) is 34.6 Å². The van der Waals surface area contributed by atoms with Crippen LogP contribution in [0.25, 0.3) is 39.1 Å². The molecule has 6 nitrogen and oxygen atoms in total. The van der Waals surface area contributed by atoms with Crippen molar-refractivity contribution in [3.63, 3.8) is 0 Å². The SMILES string of the molecule is Cc1cc(C)c(-n2c(C)cc(C=Nn3c(-c4cc5cc(Br)ccc5o4)nc4ccccc4c3=O)c2C)c(C)c1. The normalized spacial score (nSPS) is 11.8. The van der Waals surface area contributed by atoms with Crippen LogP contribution in [0.5, 0.6) is 0 Å². The van der Waals surface area contributed by atoms with Gasteiger partial charge in [-0.05, 0) is 88.2 Å². The van der Waals surface area contributed by atoms with Crippen LogP contribution in [0.1, 0.15) is 33.6 Å². The number of furan rings is 1. The first kappa shape index (κ1) is 25.1. The second-order valence-corrected chi connectivity index (χ2v) is 10.9. The summed E-state index contributed by atoms with van der Waals surface area (Å²) in [5.74, 6) is 0.820. The molecule has 0 fully saturated rings. The van der Waals surface area contributed by atoms with Crippen molar-refractivity contribution in [1.82, 2.24) is 14.2 Å². The van der Waals surface area contributed by atoms with Gasteiger partial charge in [0.25, 0.3) is 5.56 Å². The van der Waals surface area contributed by atoms with Gasteiger partial charge in [0.1, 0.15) is 5.58 Å². The van der Waals surface area contributed by atoms with E-state index in [0.717, 1.165) is 26.8 Å². The number of rotatable bonds is 4. The Morgan fingerprint density at radius 3 is 2.44 bits per heavy atom. The number of hydrogen-bond donors (Lipinski definition) is 0. The molecule has 3 heterocycles.